The molecule has 0 N–H and O–H groups in total. The lowest BCUT2D eigenvalue weighted by atomic mass is 10.1. The van der Waals surface area contributed by atoms with Gasteiger partial charge in [-0.2, -0.15) is 0 Å². The monoisotopic (exact) mass is 337 g/mol. The van der Waals surface area contributed by atoms with Gasteiger partial charge in [-0.3, -0.25) is 14.5 Å². The average molecular weight is 337 g/mol. The molecular formula is C20H19NO4. The smallest absolute Gasteiger partial charge is 0.338 e. The summed E-state index contributed by atoms with van der Waals surface area (Å²) in [6.45, 7) is 3.82. The molecule has 0 aromatic heterocycles. The number of carbonyl (C=O) groups is 3. The van der Waals surface area contributed by atoms with Gasteiger partial charge in [0.05, 0.1) is 22.8 Å². The van der Waals surface area contributed by atoms with Gasteiger partial charge in [0.25, 0.3) is 11.8 Å². The number of carbonyl (C=O) groups excluding carboxylic acids is 3. The molecule has 0 saturated carbocycles. The Hall–Kier alpha value is -2.95. The van der Waals surface area contributed by atoms with E-state index in [1.54, 1.807) is 13.8 Å². The van der Waals surface area contributed by atoms with Crippen LogP contribution in [0.3, 0.4) is 0 Å². The SMILES string of the molecule is CC(C)OC(=O)c1ccc2c(c1)C(=O)N(CCc1ccccc1)C2=O. The topological polar surface area (TPSA) is 63.7 Å². The molecule has 0 unspecified atom stereocenters. The van der Waals surface area contributed by atoms with Crippen molar-refractivity contribution in [2.24, 2.45) is 0 Å². The number of amides is 2. The Morgan fingerprint density at radius 1 is 1.00 bits per heavy atom. The first kappa shape index (κ1) is 16.9. The van der Waals surface area contributed by atoms with Gasteiger partial charge in [-0.25, -0.2) is 4.79 Å². The van der Waals surface area contributed by atoms with Gasteiger partial charge < -0.3 is 4.74 Å². The van der Waals surface area contributed by atoms with Gasteiger partial charge in [-0.1, -0.05) is 30.3 Å². The van der Waals surface area contributed by atoms with Crippen molar-refractivity contribution in [3.05, 3.63) is 70.8 Å². The van der Waals surface area contributed by atoms with Crippen molar-refractivity contribution in [2.75, 3.05) is 6.54 Å². The van der Waals surface area contributed by atoms with E-state index in [4.69, 9.17) is 4.74 Å². The molecule has 2 amide bonds. The largest absolute Gasteiger partial charge is 0.459 e. The summed E-state index contributed by atoms with van der Waals surface area (Å²) < 4.78 is 5.14. The van der Waals surface area contributed by atoms with E-state index in [1.165, 1.54) is 23.1 Å². The first-order valence-electron chi connectivity index (χ1n) is 8.22. The quantitative estimate of drug-likeness (QED) is 0.621. The normalized spacial score (nSPS) is 13.3. The maximum Gasteiger partial charge on any atom is 0.338 e. The van der Waals surface area contributed by atoms with Crippen LogP contribution in [0, 0.1) is 0 Å². The number of fused-ring (bicyclic) bond motifs is 1. The Kier molecular flexibility index (Phi) is 4.65. The van der Waals surface area contributed by atoms with E-state index in [-0.39, 0.29) is 29.0 Å². The van der Waals surface area contributed by atoms with E-state index in [0.717, 1.165) is 5.56 Å². The van der Waals surface area contributed by atoms with Gasteiger partial charge in [-0.15, -0.1) is 0 Å². The molecule has 128 valence electrons. The van der Waals surface area contributed by atoms with Crippen molar-refractivity contribution >= 4 is 17.8 Å². The Labute approximate surface area is 146 Å². The summed E-state index contributed by atoms with van der Waals surface area (Å²) in [7, 11) is 0. The van der Waals surface area contributed by atoms with Gasteiger partial charge in [0.15, 0.2) is 0 Å². The molecule has 25 heavy (non-hydrogen) atoms. The van der Waals surface area contributed by atoms with Crippen LogP contribution in [0.1, 0.15) is 50.5 Å². The van der Waals surface area contributed by atoms with E-state index in [0.29, 0.717) is 18.5 Å². The van der Waals surface area contributed by atoms with Crippen molar-refractivity contribution in [1.29, 1.82) is 0 Å². The number of rotatable bonds is 5. The second-order valence-corrected chi connectivity index (χ2v) is 6.21. The Bertz CT molecular complexity index is 827. The molecule has 3 rings (SSSR count). The summed E-state index contributed by atoms with van der Waals surface area (Å²) in [5, 5.41) is 0. The lowest BCUT2D eigenvalue weighted by Crippen LogP contribution is -2.31. The zero-order valence-corrected chi connectivity index (χ0v) is 14.2. The molecule has 0 bridgehead atoms. The van der Waals surface area contributed by atoms with Crippen molar-refractivity contribution in [3.63, 3.8) is 0 Å². The van der Waals surface area contributed by atoms with E-state index < -0.39 is 5.97 Å². The third-order valence-corrected chi connectivity index (χ3v) is 4.02. The number of imide groups is 1. The number of benzene rings is 2. The van der Waals surface area contributed by atoms with Gasteiger partial charge in [0.2, 0.25) is 0 Å². The molecule has 5 nitrogen and oxygen atoms in total. The van der Waals surface area contributed by atoms with Crippen LogP contribution in [0.4, 0.5) is 0 Å². The third kappa shape index (κ3) is 3.45. The molecule has 0 fully saturated rings. The molecule has 1 aliphatic rings. The van der Waals surface area contributed by atoms with Gasteiger partial charge in [0, 0.05) is 6.54 Å². The number of hydrogen-bond acceptors (Lipinski definition) is 4. The fourth-order valence-electron chi connectivity index (χ4n) is 2.79. The second kappa shape index (κ2) is 6.89. The van der Waals surface area contributed by atoms with Crippen LogP contribution in [0.5, 0.6) is 0 Å². The lowest BCUT2D eigenvalue weighted by molar-refractivity contribution is 0.0377. The Morgan fingerprint density at radius 2 is 1.68 bits per heavy atom. The summed E-state index contributed by atoms with van der Waals surface area (Å²) in [6, 6.07) is 14.2. The summed E-state index contributed by atoms with van der Waals surface area (Å²) in [4.78, 5) is 38.3. The fourth-order valence-corrected chi connectivity index (χ4v) is 2.79. The van der Waals surface area contributed by atoms with Gasteiger partial charge in [0.1, 0.15) is 0 Å². The van der Waals surface area contributed by atoms with E-state index in [2.05, 4.69) is 0 Å². The molecule has 0 saturated heterocycles. The van der Waals surface area contributed by atoms with Crippen molar-refractivity contribution in [1.82, 2.24) is 4.90 Å². The van der Waals surface area contributed by atoms with Crippen molar-refractivity contribution in [3.8, 4) is 0 Å². The molecular weight excluding hydrogens is 318 g/mol. The number of ether oxygens (including phenoxy) is 1. The van der Waals surface area contributed by atoms with Crippen LogP contribution in [0.15, 0.2) is 48.5 Å². The maximum absolute atomic E-state index is 12.6. The molecule has 5 heteroatoms. The number of hydrogen-bond donors (Lipinski definition) is 0. The molecule has 0 atom stereocenters. The van der Waals surface area contributed by atoms with Crippen LogP contribution in [0.2, 0.25) is 0 Å². The summed E-state index contributed by atoms with van der Waals surface area (Å²) in [5.41, 5.74) is 1.93. The first-order chi connectivity index (χ1) is 12.0. The van der Waals surface area contributed by atoms with E-state index in [9.17, 15) is 14.4 Å². The zero-order chi connectivity index (χ0) is 18.0. The highest BCUT2D eigenvalue weighted by atomic mass is 16.5. The van der Waals surface area contributed by atoms with Crippen molar-refractivity contribution in [2.45, 2.75) is 26.4 Å². The molecule has 1 heterocycles. The summed E-state index contributed by atoms with van der Waals surface area (Å²) >= 11 is 0. The molecule has 2 aromatic carbocycles. The molecule has 2 aromatic rings. The molecule has 1 aliphatic heterocycles. The van der Waals surface area contributed by atoms with Crippen molar-refractivity contribution < 1.29 is 19.1 Å². The Balaban J connectivity index is 1.78. The minimum Gasteiger partial charge on any atom is -0.459 e. The second-order valence-electron chi connectivity index (χ2n) is 6.21. The van der Waals surface area contributed by atoms with Gasteiger partial charge >= 0.3 is 5.97 Å². The highest BCUT2D eigenvalue weighted by molar-refractivity contribution is 6.21. The van der Waals surface area contributed by atoms with E-state index >= 15 is 0 Å². The molecule has 0 radical (unpaired) electrons. The van der Waals surface area contributed by atoms with Crippen LogP contribution in [0.25, 0.3) is 0 Å². The van der Waals surface area contributed by atoms with Crippen LogP contribution in [-0.2, 0) is 11.2 Å². The Morgan fingerprint density at radius 3 is 2.36 bits per heavy atom. The number of nitrogens with zero attached hydrogens (tertiary/aromatic N) is 1. The zero-order valence-electron chi connectivity index (χ0n) is 14.2. The van der Waals surface area contributed by atoms with Crippen LogP contribution < -0.4 is 0 Å². The molecule has 0 spiro atoms. The maximum atomic E-state index is 12.6. The summed E-state index contributed by atoms with van der Waals surface area (Å²) in [6.07, 6.45) is 0.342. The highest BCUT2D eigenvalue weighted by Gasteiger charge is 2.35. The predicted octanol–water partition coefficient (Wildman–Crippen LogP) is 3.09. The summed E-state index contributed by atoms with van der Waals surface area (Å²) in [5.74, 6) is -1.18. The minimum atomic E-state index is -0.499. The lowest BCUT2D eigenvalue weighted by Gasteiger charge is -2.13. The average Bonchev–Trinajstić information content (AvgIpc) is 2.84. The van der Waals surface area contributed by atoms with E-state index in [1.807, 2.05) is 30.3 Å². The first-order valence-corrected chi connectivity index (χ1v) is 8.22. The fraction of sp³-hybridized carbons (Fsp3) is 0.250. The number of esters is 1. The minimum absolute atomic E-state index is 0.250. The highest BCUT2D eigenvalue weighted by Crippen LogP contribution is 2.24. The molecule has 0 aliphatic carbocycles. The van der Waals surface area contributed by atoms with Crippen LogP contribution in [-0.4, -0.2) is 35.3 Å². The predicted molar refractivity (Wildman–Crippen MR) is 92.5 cm³/mol. The van der Waals surface area contributed by atoms with Gasteiger partial charge in [-0.05, 0) is 44.0 Å². The standard InChI is InChI=1S/C20H19NO4/c1-13(2)25-20(24)15-8-9-16-17(12-15)19(23)21(18(16)22)11-10-14-6-4-3-5-7-14/h3-9,12-13H,10-11H2,1-2H3. The van der Waals surface area contributed by atoms with Crippen LogP contribution >= 0.6 is 0 Å². The third-order valence-electron chi connectivity index (χ3n) is 4.02.